The lowest BCUT2D eigenvalue weighted by atomic mass is 10.2. The third-order valence-electron chi connectivity index (χ3n) is 3.65. The van der Waals surface area contributed by atoms with Crippen molar-refractivity contribution in [3.05, 3.63) is 45.4 Å². The van der Waals surface area contributed by atoms with E-state index in [1.165, 1.54) is 4.88 Å². The molecule has 0 radical (unpaired) electrons. The van der Waals surface area contributed by atoms with Gasteiger partial charge in [-0.2, -0.15) is 0 Å². The van der Waals surface area contributed by atoms with Crippen LogP contribution in [0.2, 0.25) is 0 Å². The molecule has 0 fully saturated rings. The van der Waals surface area contributed by atoms with Crippen LogP contribution in [0.4, 0.5) is 0 Å². The van der Waals surface area contributed by atoms with Gasteiger partial charge in [0.2, 0.25) is 0 Å². The van der Waals surface area contributed by atoms with Crippen LogP contribution in [0, 0.1) is 13.8 Å². The molecule has 0 saturated carbocycles. The van der Waals surface area contributed by atoms with E-state index in [9.17, 15) is 9.59 Å². The van der Waals surface area contributed by atoms with Crippen LogP contribution in [0.25, 0.3) is 0 Å². The summed E-state index contributed by atoms with van der Waals surface area (Å²) in [7, 11) is 1.55. The van der Waals surface area contributed by atoms with E-state index in [2.05, 4.69) is 16.0 Å². The van der Waals surface area contributed by atoms with Crippen molar-refractivity contribution in [2.45, 2.75) is 20.4 Å². The predicted molar refractivity (Wildman–Crippen MR) is 92.5 cm³/mol. The molecular weight excluding hydrogens is 328 g/mol. The molecule has 0 spiro atoms. The van der Waals surface area contributed by atoms with E-state index in [-0.39, 0.29) is 12.5 Å². The zero-order valence-corrected chi connectivity index (χ0v) is 14.9. The standard InChI is InChI=1S/C17H22N2O4S/c1-12-9-15(13(2)19(12)10-14-5-4-8-24-14)17(21)23-11-16(20)18-6-7-22-3/h4-5,8-9H,6-7,10-11H2,1-3H3,(H,18,20). The zero-order chi connectivity index (χ0) is 17.5. The molecule has 24 heavy (non-hydrogen) atoms. The van der Waals surface area contributed by atoms with Gasteiger partial charge >= 0.3 is 5.97 Å². The maximum absolute atomic E-state index is 12.2. The highest BCUT2D eigenvalue weighted by molar-refractivity contribution is 7.09. The Bertz CT molecular complexity index is 692. The number of rotatable bonds is 8. The van der Waals surface area contributed by atoms with Gasteiger partial charge in [-0.3, -0.25) is 4.79 Å². The van der Waals surface area contributed by atoms with Gasteiger partial charge in [0.1, 0.15) is 0 Å². The molecule has 130 valence electrons. The van der Waals surface area contributed by atoms with Crippen LogP contribution in [-0.2, 0) is 20.8 Å². The number of carbonyl (C=O) groups is 2. The molecule has 7 heteroatoms. The molecule has 0 unspecified atom stereocenters. The quantitative estimate of drug-likeness (QED) is 0.585. The number of methoxy groups -OCH3 is 1. The maximum atomic E-state index is 12.2. The molecule has 0 atom stereocenters. The van der Waals surface area contributed by atoms with Crippen molar-refractivity contribution in [3.63, 3.8) is 0 Å². The maximum Gasteiger partial charge on any atom is 0.340 e. The van der Waals surface area contributed by atoms with Crippen LogP contribution >= 0.6 is 11.3 Å². The molecule has 1 amide bonds. The number of esters is 1. The van der Waals surface area contributed by atoms with E-state index in [4.69, 9.17) is 9.47 Å². The first kappa shape index (κ1) is 18.2. The summed E-state index contributed by atoms with van der Waals surface area (Å²) in [6.07, 6.45) is 0. The number of aromatic nitrogens is 1. The van der Waals surface area contributed by atoms with Crippen LogP contribution < -0.4 is 5.32 Å². The van der Waals surface area contributed by atoms with Crippen LogP contribution in [0.1, 0.15) is 26.6 Å². The number of ether oxygens (including phenoxy) is 2. The fraction of sp³-hybridized carbons (Fsp3) is 0.412. The molecule has 0 aliphatic rings. The van der Waals surface area contributed by atoms with Gasteiger partial charge in [0, 0.05) is 29.9 Å². The van der Waals surface area contributed by atoms with Gasteiger partial charge in [0.15, 0.2) is 6.61 Å². The lowest BCUT2D eigenvalue weighted by Gasteiger charge is -2.09. The highest BCUT2D eigenvalue weighted by atomic mass is 32.1. The van der Waals surface area contributed by atoms with E-state index in [0.717, 1.165) is 17.9 Å². The van der Waals surface area contributed by atoms with Crippen molar-refractivity contribution in [1.82, 2.24) is 9.88 Å². The Morgan fingerprint density at radius 1 is 1.33 bits per heavy atom. The topological polar surface area (TPSA) is 69.6 Å². The van der Waals surface area contributed by atoms with Crippen LogP contribution in [0.3, 0.4) is 0 Å². The first-order chi connectivity index (χ1) is 11.5. The molecule has 0 saturated heterocycles. The van der Waals surface area contributed by atoms with Gasteiger partial charge in [-0.25, -0.2) is 4.79 Å². The summed E-state index contributed by atoms with van der Waals surface area (Å²) in [4.78, 5) is 25.0. The van der Waals surface area contributed by atoms with Crippen molar-refractivity contribution >= 4 is 23.2 Å². The molecule has 2 aromatic heterocycles. The van der Waals surface area contributed by atoms with Crippen molar-refractivity contribution in [1.29, 1.82) is 0 Å². The summed E-state index contributed by atoms with van der Waals surface area (Å²) in [6, 6.07) is 5.87. The number of thiophene rings is 1. The Morgan fingerprint density at radius 3 is 2.79 bits per heavy atom. The van der Waals surface area contributed by atoms with Crippen LogP contribution in [0.5, 0.6) is 0 Å². The molecule has 2 rings (SSSR count). The number of hydrogen-bond acceptors (Lipinski definition) is 5. The van der Waals surface area contributed by atoms with E-state index < -0.39 is 5.97 Å². The Kier molecular flexibility index (Phi) is 6.57. The first-order valence-electron chi connectivity index (χ1n) is 7.64. The number of carbonyl (C=O) groups excluding carboxylic acids is 2. The minimum atomic E-state index is -0.484. The summed E-state index contributed by atoms with van der Waals surface area (Å²) in [5, 5.41) is 4.63. The Balaban J connectivity index is 1.96. The van der Waals surface area contributed by atoms with E-state index in [0.29, 0.717) is 18.7 Å². The van der Waals surface area contributed by atoms with Gasteiger partial charge in [-0.15, -0.1) is 11.3 Å². The molecular formula is C17H22N2O4S. The van der Waals surface area contributed by atoms with Gasteiger partial charge in [0.25, 0.3) is 5.91 Å². The second kappa shape index (κ2) is 8.65. The van der Waals surface area contributed by atoms with Crippen molar-refractivity contribution in [2.24, 2.45) is 0 Å². The number of aryl methyl sites for hydroxylation is 1. The van der Waals surface area contributed by atoms with Gasteiger partial charge < -0.3 is 19.4 Å². The van der Waals surface area contributed by atoms with E-state index in [1.54, 1.807) is 24.5 Å². The highest BCUT2D eigenvalue weighted by Gasteiger charge is 2.18. The third kappa shape index (κ3) is 4.69. The van der Waals surface area contributed by atoms with E-state index in [1.807, 2.05) is 25.3 Å². The number of amides is 1. The molecule has 2 aromatic rings. The molecule has 0 aliphatic carbocycles. The number of nitrogens with one attached hydrogen (secondary N) is 1. The molecule has 0 aromatic carbocycles. The third-order valence-corrected chi connectivity index (χ3v) is 4.51. The van der Waals surface area contributed by atoms with Gasteiger partial charge in [-0.05, 0) is 31.4 Å². The first-order valence-corrected chi connectivity index (χ1v) is 8.52. The van der Waals surface area contributed by atoms with Crippen molar-refractivity contribution in [2.75, 3.05) is 26.9 Å². The lowest BCUT2D eigenvalue weighted by molar-refractivity contribution is -0.124. The normalized spacial score (nSPS) is 10.6. The molecule has 1 N–H and O–H groups in total. The average Bonchev–Trinajstić information content (AvgIpc) is 3.16. The fourth-order valence-electron chi connectivity index (χ4n) is 2.36. The van der Waals surface area contributed by atoms with Gasteiger partial charge in [-0.1, -0.05) is 6.07 Å². The van der Waals surface area contributed by atoms with Gasteiger partial charge in [0.05, 0.1) is 18.7 Å². The molecule has 0 bridgehead atoms. The Morgan fingerprint density at radius 2 is 2.12 bits per heavy atom. The lowest BCUT2D eigenvalue weighted by Crippen LogP contribution is -2.31. The SMILES string of the molecule is COCCNC(=O)COC(=O)c1cc(C)n(Cc2cccs2)c1C. The molecule has 0 aliphatic heterocycles. The monoisotopic (exact) mass is 350 g/mol. The smallest absolute Gasteiger partial charge is 0.340 e. The van der Waals surface area contributed by atoms with Crippen molar-refractivity contribution in [3.8, 4) is 0 Å². The summed E-state index contributed by atoms with van der Waals surface area (Å²) in [6.45, 7) is 5.08. The number of hydrogen-bond donors (Lipinski definition) is 1. The fourth-order valence-corrected chi connectivity index (χ4v) is 3.05. The summed E-state index contributed by atoms with van der Waals surface area (Å²) < 4.78 is 12.0. The minimum absolute atomic E-state index is 0.295. The number of nitrogens with zero attached hydrogens (tertiary/aromatic N) is 1. The highest BCUT2D eigenvalue weighted by Crippen LogP contribution is 2.19. The second-order valence-corrected chi connectivity index (χ2v) is 6.40. The average molecular weight is 350 g/mol. The molecule has 2 heterocycles. The summed E-state index contributed by atoms with van der Waals surface area (Å²) in [5.41, 5.74) is 2.32. The van der Waals surface area contributed by atoms with E-state index >= 15 is 0 Å². The van der Waals surface area contributed by atoms with Crippen molar-refractivity contribution < 1.29 is 19.1 Å². The Hall–Kier alpha value is -2.12. The second-order valence-electron chi connectivity index (χ2n) is 5.37. The summed E-state index contributed by atoms with van der Waals surface area (Å²) >= 11 is 1.68. The largest absolute Gasteiger partial charge is 0.452 e. The molecule has 6 nitrogen and oxygen atoms in total. The zero-order valence-electron chi connectivity index (χ0n) is 14.1. The Labute approximate surface area is 145 Å². The summed E-state index contributed by atoms with van der Waals surface area (Å²) in [5.74, 6) is -0.824. The predicted octanol–water partition coefficient (Wildman–Crippen LogP) is 2.13. The van der Waals surface area contributed by atoms with Crippen LogP contribution in [0.15, 0.2) is 23.6 Å². The van der Waals surface area contributed by atoms with Crippen LogP contribution in [-0.4, -0.2) is 43.3 Å². The minimum Gasteiger partial charge on any atom is -0.452 e.